The van der Waals surface area contributed by atoms with E-state index >= 15 is 19.2 Å². The predicted molar refractivity (Wildman–Crippen MR) is 292 cm³/mol. The fraction of sp³-hybridized carbons (Fsp3) is 0.439. The maximum atomic E-state index is 15.2. The number of phenolic OH excluding ortho intramolecular Hbond substituents is 4. The monoisotopic (exact) mass is 1290 g/mol. The number of ether oxygens (including phenoxy) is 6. The third-order valence-corrected chi connectivity index (χ3v) is 16.2. The van der Waals surface area contributed by atoms with E-state index in [0.717, 1.165) is 48.5 Å². The van der Waals surface area contributed by atoms with Crippen molar-refractivity contribution >= 4 is 33.5 Å². The van der Waals surface area contributed by atoms with E-state index in [9.17, 15) is 112 Å². The first-order valence-corrected chi connectivity index (χ1v) is 27.4. The standard InChI is InChI=1S/C57H60O34/c58-12-26-36(66)44(74)48(78)54(88-26)86-22-10-24-34(40(70)30(16-1-5-18(62)6-2-16)52(84-24)56(82)50(80)46(76)38(68)28(14-60)90-56)42(72)32(22)20(64)9-21(65)33-23(87-55-49(79)45(75)37(67)27(13-59)89-55)11-25-35(43(33)73)41(71)31(17-3-7-19(63)8-4-17)53(85-25)57(83)51(81)47(77)39(69)29(15-61)91-57/h1-8,10-11,26-29,36-39,44-51,54-55,58-63,66-69,72-83H,9,12-15H2/t26?,27?,28-,29-,36-,37-,38-,39-,44?,45?,46+,47+,48?,49?,50-,51-,54-,55-,56?,57?/m1/s1. The van der Waals surface area contributed by atoms with E-state index < -0.39 is 267 Å². The van der Waals surface area contributed by atoms with Crippen LogP contribution in [0.2, 0.25) is 0 Å². The van der Waals surface area contributed by atoms with Crippen LogP contribution in [0.4, 0.5) is 0 Å². The SMILES string of the molecule is O=C(CC(=O)c1c(O[C@@H]2OC(CO)[C@@H](O)C(O)C2O)cc2oc(C3(O)O[C@H](CO)[C@@H](O)[C@H](O)[C@H]3O)c(-c3ccc(O)cc3)c(=O)c2c1O)c1c(O[C@@H]2OC(CO)[C@@H](O)C(O)C2O)cc2oc(C3(O)O[C@H](CO)[C@@H](O)[C@H](O)[C@H]3O)c(-c3ccc(O)cc3)c(=O)c2c1O. The van der Waals surface area contributed by atoms with Crippen LogP contribution in [0.25, 0.3) is 44.2 Å². The molecule has 0 bridgehead atoms. The summed E-state index contributed by atoms with van der Waals surface area (Å²) in [5.74, 6) is -19.0. The van der Waals surface area contributed by atoms with Crippen LogP contribution in [0.15, 0.2) is 79.1 Å². The molecule has 22 N–H and O–H groups in total. The molecule has 34 nitrogen and oxygen atoms in total. The van der Waals surface area contributed by atoms with Crippen LogP contribution in [0, 0.1) is 0 Å². The van der Waals surface area contributed by atoms with Crippen molar-refractivity contribution in [3.8, 4) is 56.8 Å². The number of aliphatic hydroxyl groups is 18. The van der Waals surface area contributed by atoms with Crippen molar-refractivity contribution < 1.29 is 159 Å². The lowest BCUT2D eigenvalue weighted by Crippen LogP contribution is -2.63. The largest absolute Gasteiger partial charge is 0.508 e. The summed E-state index contributed by atoms with van der Waals surface area (Å²) in [5, 5.41) is 238. The van der Waals surface area contributed by atoms with Crippen molar-refractivity contribution in [3.05, 3.63) is 104 Å². The molecule has 20 atom stereocenters. The quantitative estimate of drug-likeness (QED) is 0.0316. The van der Waals surface area contributed by atoms with E-state index in [1.807, 2.05) is 0 Å². The highest BCUT2D eigenvalue weighted by Crippen LogP contribution is 2.48. The van der Waals surface area contributed by atoms with Crippen molar-refractivity contribution in [2.24, 2.45) is 0 Å². The molecular weight excluding hydrogens is 1230 g/mol. The predicted octanol–water partition coefficient (Wildman–Crippen LogP) is -6.89. The maximum absolute atomic E-state index is 15.2. The average Bonchev–Trinajstić information content (AvgIpc) is 0.778. The number of phenols is 4. The van der Waals surface area contributed by atoms with Crippen molar-refractivity contribution in [3.63, 3.8) is 0 Å². The summed E-state index contributed by atoms with van der Waals surface area (Å²) in [7, 11) is 0. The number of rotatable bonds is 16. The van der Waals surface area contributed by atoms with Gasteiger partial charge in [0.2, 0.25) is 23.4 Å². The lowest BCUT2D eigenvalue weighted by atomic mass is 9.87. The third kappa shape index (κ3) is 11.2. The first-order chi connectivity index (χ1) is 43.0. The Labute approximate surface area is 506 Å². The number of benzene rings is 4. The molecule has 0 radical (unpaired) electrons. The lowest BCUT2D eigenvalue weighted by Gasteiger charge is -2.44. The second kappa shape index (κ2) is 25.2. The number of ketones is 2. The van der Waals surface area contributed by atoms with Gasteiger partial charge in [0.05, 0.1) is 44.0 Å². The molecule has 4 fully saturated rings. The van der Waals surface area contributed by atoms with Gasteiger partial charge in [-0.15, -0.1) is 0 Å². The van der Waals surface area contributed by atoms with Gasteiger partial charge in [-0.1, -0.05) is 24.3 Å². The summed E-state index contributed by atoms with van der Waals surface area (Å²) in [6, 6.07) is 9.17. The van der Waals surface area contributed by atoms with Crippen molar-refractivity contribution in [2.75, 3.05) is 26.4 Å². The Morgan fingerprint density at radius 3 is 1.08 bits per heavy atom. The molecule has 0 amide bonds. The number of carbonyl (C=O) groups is 2. The van der Waals surface area contributed by atoms with Gasteiger partial charge >= 0.3 is 0 Å². The minimum atomic E-state index is -3.47. The Bertz CT molecular complexity index is 3600. The molecule has 34 heteroatoms. The summed E-state index contributed by atoms with van der Waals surface area (Å²) >= 11 is 0. The molecule has 0 aliphatic carbocycles. The van der Waals surface area contributed by atoms with E-state index in [4.69, 9.17) is 37.3 Å². The summed E-state index contributed by atoms with van der Waals surface area (Å²) in [4.78, 5) is 60.8. The minimum absolute atomic E-state index is 0.357. The maximum Gasteiger partial charge on any atom is 0.256 e. The molecule has 4 aliphatic heterocycles. The molecule has 4 aromatic carbocycles. The molecule has 91 heavy (non-hydrogen) atoms. The van der Waals surface area contributed by atoms with Gasteiger partial charge in [-0.3, -0.25) is 19.2 Å². The number of hydrogen-bond acceptors (Lipinski definition) is 34. The van der Waals surface area contributed by atoms with Crippen LogP contribution in [0.5, 0.6) is 34.5 Å². The Balaban J connectivity index is 1.20. The molecule has 2 aromatic heterocycles. The number of aliphatic hydroxyl groups excluding tert-OH is 16. The third-order valence-electron chi connectivity index (χ3n) is 16.2. The highest BCUT2D eigenvalue weighted by atomic mass is 16.7. The zero-order valence-corrected chi connectivity index (χ0v) is 46.4. The fourth-order valence-electron chi connectivity index (χ4n) is 11.2. The van der Waals surface area contributed by atoms with Gasteiger partial charge in [0.1, 0.15) is 165 Å². The Morgan fingerprint density at radius 2 is 0.758 bits per heavy atom. The van der Waals surface area contributed by atoms with E-state index in [2.05, 4.69) is 0 Å². The van der Waals surface area contributed by atoms with Gasteiger partial charge in [-0.2, -0.15) is 0 Å². The van der Waals surface area contributed by atoms with Crippen LogP contribution in [-0.2, 0) is 30.5 Å². The van der Waals surface area contributed by atoms with E-state index in [1.165, 1.54) is 0 Å². The topological polar surface area (TPSA) is 595 Å². The second-order valence-corrected chi connectivity index (χ2v) is 21.9. The molecule has 8 unspecified atom stereocenters. The van der Waals surface area contributed by atoms with Gasteiger partial charge in [0.15, 0.2) is 23.1 Å². The molecule has 6 aromatic rings. The van der Waals surface area contributed by atoms with Crippen molar-refractivity contribution in [1.82, 2.24) is 0 Å². The number of aromatic hydroxyl groups is 4. The van der Waals surface area contributed by atoms with Gasteiger partial charge < -0.3 is 150 Å². The number of fused-ring (bicyclic) bond motifs is 2. The van der Waals surface area contributed by atoms with Crippen LogP contribution in [0.3, 0.4) is 0 Å². The molecule has 4 saturated heterocycles. The van der Waals surface area contributed by atoms with Gasteiger partial charge in [-0.05, 0) is 35.4 Å². The molecule has 6 heterocycles. The Morgan fingerprint density at radius 1 is 0.440 bits per heavy atom. The number of Topliss-reactive ketones (excluding diaryl/α,β-unsaturated/α-hetero) is 2. The zero-order valence-electron chi connectivity index (χ0n) is 46.4. The fourth-order valence-corrected chi connectivity index (χ4v) is 11.2. The van der Waals surface area contributed by atoms with Crippen LogP contribution < -0.4 is 20.3 Å². The van der Waals surface area contributed by atoms with Crippen LogP contribution >= 0.6 is 0 Å². The van der Waals surface area contributed by atoms with Gasteiger partial charge in [0, 0.05) is 12.1 Å². The molecule has 0 spiro atoms. The van der Waals surface area contributed by atoms with Crippen molar-refractivity contribution in [2.45, 2.75) is 128 Å². The molecular formula is C57H60O34. The summed E-state index contributed by atoms with van der Waals surface area (Å²) in [5.41, 5.74) is -10.2. The van der Waals surface area contributed by atoms with Crippen molar-refractivity contribution in [1.29, 1.82) is 0 Å². The van der Waals surface area contributed by atoms with Crippen LogP contribution in [0.1, 0.15) is 38.7 Å². The van der Waals surface area contributed by atoms with Crippen LogP contribution in [-0.4, -0.2) is 261 Å². The molecule has 10 rings (SSSR count). The molecule has 0 saturated carbocycles. The first-order valence-electron chi connectivity index (χ1n) is 27.4. The van der Waals surface area contributed by atoms with E-state index in [0.29, 0.717) is 12.1 Å². The smallest absolute Gasteiger partial charge is 0.256 e. The average molecular weight is 1290 g/mol. The van der Waals surface area contributed by atoms with E-state index in [1.54, 1.807) is 0 Å². The minimum Gasteiger partial charge on any atom is -0.508 e. The molecule has 4 aliphatic rings. The highest BCUT2D eigenvalue weighted by molar-refractivity contribution is 6.20. The Hall–Kier alpha value is -7.44. The summed E-state index contributed by atoms with van der Waals surface area (Å²) in [6.45, 7) is -4.50. The first kappa shape index (κ1) is 66.5. The summed E-state index contributed by atoms with van der Waals surface area (Å²) < 4.78 is 45.5. The number of carbonyl (C=O) groups excluding carboxylic acids is 2. The summed E-state index contributed by atoms with van der Waals surface area (Å²) in [6.07, 6.45) is -41.5. The normalized spacial score (nSPS) is 33.6. The number of hydrogen-bond donors (Lipinski definition) is 22. The van der Waals surface area contributed by atoms with Gasteiger partial charge in [0.25, 0.3) is 11.6 Å². The van der Waals surface area contributed by atoms with E-state index in [-0.39, 0.29) is 11.1 Å². The zero-order chi connectivity index (χ0) is 66.4. The van der Waals surface area contributed by atoms with Gasteiger partial charge in [-0.25, -0.2) is 0 Å². The lowest BCUT2D eigenvalue weighted by molar-refractivity contribution is -0.363. The Kier molecular flexibility index (Phi) is 18.4. The second-order valence-electron chi connectivity index (χ2n) is 21.9. The highest BCUT2D eigenvalue weighted by Gasteiger charge is 2.59. The molecule has 492 valence electrons.